The van der Waals surface area contributed by atoms with Gasteiger partial charge in [-0.2, -0.15) is 9.36 Å². The predicted molar refractivity (Wildman–Crippen MR) is 121 cm³/mol. The molecule has 3 rings (SSSR count). The number of thioether (sulfide) groups is 2. The zero-order chi connectivity index (χ0) is 20.6. The van der Waals surface area contributed by atoms with Crippen LogP contribution in [-0.2, 0) is 4.79 Å². The number of hydrogen-bond acceptors (Lipinski definition) is 7. The minimum Gasteiger partial charge on any atom is -0.322 e. The molecule has 0 atom stereocenters. The normalized spacial score (nSPS) is 10.6. The van der Waals surface area contributed by atoms with E-state index in [-0.39, 0.29) is 17.6 Å². The number of aromatic nitrogens is 2. The van der Waals surface area contributed by atoms with E-state index in [9.17, 15) is 9.59 Å². The number of anilines is 2. The first kappa shape index (κ1) is 21.4. The third-order valence-electron chi connectivity index (χ3n) is 3.78. The van der Waals surface area contributed by atoms with Crippen LogP contribution in [0.1, 0.15) is 22.8 Å². The maximum Gasteiger partial charge on any atom is 0.255 e. The maximum absolute atomic E-state index is 12.5. The van der Waals surface area contributed by atoms with Crippen molar-refractivity contribution >= 4 is 57.7 Å². The molecule has 0 radical (unpaired) electrons. The lowest BCUT2D eigenvalue weighted by atomic mass is 10.1. The summed E-state index contributed by atoms with van der Waals surface area (Å²) in [6, 6.07) is 14.9. The van der Waals surface area contributed by atoms with Crippen LogP contribution in [-0.4, -0.2) is 32.7 Å². The third-order valence-corrected chi connectivity index (χ3v) is 6.25. The van der Waals surface area contributed by atoms with Crippen LogP contribution in [0.2, 0.25) is 0 Å². The first-order valence-corrected chi connectivity index (χ1v) is 11.7. The molecule has 0 saturated heterocycles. The van der Waals surface area contributed by atoms with E-state index in [1.807, 2.05) is 56.3 Å². The Labute approximate surface area is 182 Å². The lowest BCUT2D eigenvalue weighted by molar-refractivity contribution is -0.113. The molecule has 29 heavy (non-hydrogen) atoms. The average Bonchev–Trinajstić information content (AvgIpc) is 3.14. The summed E-state index contributed by atoms with van der Waals surface area (Å²) in [7, 11) is 0. The smallest absolute Gasteiger partial charge is 0.255 e. The number of hydrogen-bond donors (Lipinski definition) is 2. The molecule has 2 N–H and O–H groups in total. The zero-order valence-electron chi connectivity index (χ0n) is 16.0. The standard InChI is InChI=1S/C20H20N4O2S3/c1-3-27-20-23-19(29-24-20)22-17(25)12-28-15-9-6-8-14(11-15)21-18(26)16-10-5-4-7-13(16)2/h4-11H,3,12H2,1-2H3,(H,21,26)(H,22,23,24,25). The Hall–Kier alpha value is -2.36. The molecular formula is C20H20N4O2S3. The van der Waals surface area contributed by atoms with Crippen LogP contribution in [0, 0.1) is 6.92 Å². The van der Waals surface area contributed by atoms with Gasteiger partial charge < -0.3 is 5.32 Å². The Balaban J connectivity index is 1.54. The fraction of sp³-hybridized carbons (Fsp3) is 0.200. The van der Waals surface area contributed by atoms with Crippen LogP contribution in [0.5, 0.6) is 0 Å². The number of rotatable bonds is 8. The van der Waals surface area contributed by atoms with Gasteiger partial charge in [-0.3, -0.25) is 14.9 Å². The molecule has 1 aromatic heterocycles. The van der Waals surface area contributed by atoms with Crippen LogP contribution in [0.3, 0.4) is 0 Å². The summed E-state index contributed by atoms with van der Waals surface area (Å²) >= 11 is 4.11. The van der Waals surface area contributed by atoms with E-state index in [1.54, 1.807) is 6.07 Å². The van der Waals surface area contributed by atoms with Gasteiger partial charge in [0.2, 0.25) is 16.2 Å². The number of carbonyl (C=O) groups is 2. The molecule has 0 saturated carbocycles. The Morgan fingerprint density at radius 1 is 1.07 bits per heavy atom. The lowest BCUT2D eigenvalue weighted by Crippen LogP contribution is -2.14. The molecule has 150 valence electrons. The van der Waals surface area contributed by atoms with Crippen molar-refractivity contribution in [3.05, 3.63) is 59.7 Å². The van der Waals surface area contributed by atoms with Gasteiger partial charge in [0.25, 0.3) is 5.91 Å². The highest BCUT2D eigenvalue weighted by Gasteiger charge is 2.11. The van der Waals surface area contributed by atoms with Crippen molar-refractivity contribution in [1.29, 1.82) is 0 Å². The molecule has 6 nitrogen and oxygen atoms in total. The number of nitrogens with zero attached hydrogens (tertiary/aromatic N) is 2. The van der Waals surface area contributed by atoms with Crippen LogP contribution < -0.4 is 10.6 Å². The summed E-state index contributed by atoms with van der Waals surface area (Å²) in [6.45, 7) is 3.93. The molecule has 0 fully saturated rings. The van der Waals surface area contributed by atoms with Gasteiger partial charge in [-0.05, 0) is 42.5 Å². The number of benzene rings is 2. The van der Waals surface area contributed by atoms with E-state index >= 15 is 0 Å². The minimum absolute atomic E-state index is 0.145. The molecule has 0 aliphatic rings. The van der Waals surface area contributed by atoms with E-state index in [0.29, 0.717) is 21.5 Å². The summed E-state index contributed by atoms with van der Waals surface area (Å²) in [4.78, 5) is 29.8. The number of carbonyl (C=O) groups excluding carboxylic acids is 2. The quantitative estimate of drug-likeness (QED) is 0.479. The number of amides is 2. The van der Waals surface area contributed by atoms with E-state index < -0.39 is 0 Å². The lowest BCUT2D eigenvalue weighted by Gasteiger charge is -2.09. The van der Waals surface area contributed by atoms with Gasteiger partial charge in [0.1, 0.15) is 0 Å². The van der Waals surface area contributed by atoms with E-state index in [2.05, 4.69) is 20.0 Å². The highest BCUT2D eigenvalue weighted by molar-refractivity contribution is 8.00. The number of aryl methyl sites for hydroxylation is 1. The van der Waals surface area contributed by atoms with Crippen LogP contribution in [0.25, 0.3) is 0 Å². The molecule has 0 aliphatic heterocycles. The van der Waals surface area contributed by atoms with Crippen LogP contribution >= 0.6 is 35.1 Å². The average molecular weight is 445 g/mol. The SMILES string of the molecule is CCSc1nsc(NC(=O)CSc2cccc(NC(=O)c3ccccc3C)c2)n1. The van der Waals surface area contributed by atoms with Gasteiger partial charge in [0, 0.05) is 27.7 Å². The summed E-state index contributed by atoms with van der Waals surface area (Å²) in [6.07, 6.45) is 0. The fourth-order valence-electron chi connectivity index (χ4n) is 2.44. The third kappa shape index (κ3) is 6.31. The second kappa shape index (κ2) is 10.4. The molecule has 2 aromatic carbocycles. The van der Waals surface area contributed by atoms with Crippen molar-refractivity contribution in [2.75, 3.05) is 22.1 Å². The minimum atomic E-state index is -0.153. The second-order valence-electron chi connectivity index (χ2n) is 5.95. The van der Waals surface area contributed by atoms with E-state index in [0.717, 1.165) is 16.2 Å². The summed E-state index contributed by atoms with van der Waals surface area (Å²) in [5.74, 6) is 0.829. The van der Waals surface area contributed by atoms with Crippen LogP contribution in [0.4, 0.5) is 10.8 Å². The molecule has 0 aliphatic carbocycles. The second-order valence-corrected chi connectivity index (χ2v) is 8.98. The van der Waals surface area contributed by atoms with Gasteiger partial charge in [-0.1, -0.05) is 43.0 Å². The van der Waals surface area contributed by atoms with Gasteiger partial charge in [0.15, 0.2) is 0 Å². The molecule has 3 aromatic rings. The van der Waals surface area contributed by atoms with E-state index in [4.69, 9.17) is 0 Å². The Morgan fingerprint density at radius 2 is 1.90 bits per heavy atom. The topological polar surface area (TPSA) is 84.0 Å². The first-order chi connectivity index (χ1) is 14.0. The molecule has 9 heteroatoms. The molecule has 2 amide bonds. The number of nitrogens with one attached hydrogen (secondary N) is 2. The molecule has 0 bridgehead atoms. The van der Waals surface area contributed by atoms with Crippen molar-refractivity contribution in [2.45, 2.75) is 23.9 Å². The van der Waals surface area contributed by atoms with Crippen molar-refractivity contribution in [1.82, 2.24) is 9.36 Å². The summed E-state index contributed by atoms with van der Waals surface area (Å²) in [5, 5.41) is 6.86. The van der Waals surface area contributed by atoms with Gasteiger partial charge >= 0.3 is 0 Å². The van der Waals surface area contributed by atoms with Crippen LogP contribution in [0.15, 0.2) is 58.6 Å². The monoisotopic (exact) mass is 444 g/mol. The molecular weight excluding hydrogens is 424 g/mol. The molecule has 1 heterocycles. The Kier molecular flexibility index (Phi) is 7.68. The Bertz CT molecular complexity index is 1010. The highest BCUT2D eigenvalue weighted by atomic mass is 32.2. The highest BCUT2D eigenvalue weighted by Crippen LogP contribution is 2.24. The maximum atomic E-state index is 12.5. The van der Waals surface area contributed by atoms with Crippen molar-refractivity contribution in [2.24, 2.45) is 0 Å². The van der Waals surface area contributed by atoms with Gasteiger partial charge in [-0.25, -0.2) is 0 Å². The van der Waals surface area contributed by atoms with E-state index in [1.165, 1.54) is 35.1 Å². The van der Waals surface area contributed by atoms with Crippen molar-refractivity contribution < 1.29 is 9.59 Å². The largest absolute Gasteiger partial charge is 0.322 e. The van der Waals surface area contributed by atoms with Gasteiger partial charge in [-0.15, -0.1) is 11.8 Å². The summed E-state index contributed by atoms with van der Waals surface area (Å²) < 4.78 is 4.18. The van der Waals surface area contributed by atoms with Gasteiger partial charge in [0.05, 0.1) is 5.75 Å². The predicted octanol–water partition coefficient (Wildman–Crippen LogP) is 4.94. The Morgan fingerprint density at radius 3 is 2.69 bits per heavy atom. The summed E-state index contributed by atoms with van der Waals surface area (Å²) in [5.41, 5.74) is 2.25. The first-order valence-electron chi connectivity index (χ1n) is 8.91. The fourth-order valence-corrected chi connectivity index (χ4v) is 4.48. The molecule has 0 spiro atoms. The molecule has 0 unspecified atom stereocenters. The zero-order valence-corrected chi connectivity index (χ0v) is 18.4. The van der Waals surface area contributed by atoms with Crippen molar-refractivity contribution in [3.63, 3.8) is 0 Å². The van der Waals surface area contributed by atoms with Crippen molar-refractivity contribution in [3.8, 4) is 0 Å².